The predicted molar refractivity (Wildman–Crippen MR) is 133 cm³/mol. The maximum absolute atomic E-state index is 12.4. The number of aromatic nitrogens is 5. The lowest BCUT2D eigenvalue weighted by Gasteiger charge is -2.09. The van der Waals surface area contributed by atoms with Crippen molar-refractivity contribution in [3.05, 3.63) is 78.9 Å². The van der Waals surface area contributed by atoms with Gasteiger partial charge in [-0.25, -0.2) is 9.97 Å². The molecular weight excluding hydrogens is 428 g/mol. The molecular formula is C25H24N8O. The Hall–Kier alpha value is -4.50. The Morgan fingerprint density at radius 3 is 2.65 bits per heavy atom. The van der Waals surface area contributed by atoms with Crippen molar-refractivity contribution in [2.75, 3.05) is 11.9 Å². The summed E-state index contributed by atoms with van der Waals surface area (Å²) in [7, 11) is 0. The van der Waals surface area contributed by atoms with Crippen LogP contribution in [-0.2, 0) is 0 Å². The number of benzene rings is 2. The third kappa shape index (κ3) is 4.50. The first-order valence-electron chi connectivity index (χ1n) is 10.9. The zero-order valence-corrected chi connectivity index (χ0v) is 18.5. The fourth-order valence-electron chi connectivity index (χ4n) is 3.62. The summed E-state index contributed by atoms with van der Waals surface area (Å²) in [5.74, 6) is 1.08. The number of nitrogens with one attached hydrogen (secondary N) is 4. The second-order valence-electron chi connectivity index (χ2n) is 8.05. The van der Waals surface area contributed by atoms with Crippen molar-refractivity contribution in [1.82, 2.24) is 30.5 Å². The average molecular weight is 453 g/mol. The fraction of sp³-hybridized carbons (Fsp3) is 0.120. The van der Waals surface area contributed by atoms with Crippen LogP contribution in [0.5, 0.6) is 0 Å². The topological polar surface area (TPSA) is 137 Å². The van der Waals surface area contributed by atoms with Crippen LogP contribution >= 0.6 is 0 Å². The molecule has 170 valence electrons. The number of nitrogens with two attached hydrogens (primary N) is 1. The lowest BCUT2D eigenvalue weighted by atomic mass is 10.1. The summed E-state index contributed by atoms with van der Waals surface area (Å²) in [6.45, 7) is 2.25. The zero-order chi connectivity index (χ0) is 23.5. The van der Waals surface area contributed by atoms with Crippen molar-refractivity contribution in [2.45, 2.75) is 13.0 Å². The SMILES string of the molecule is C[C@@H](CN)NC(=O)c1cc2ccc(-c3nccc(Nc4ccc(-c5cn[nH]c5)cc4)n3)cc2[nH]1. The quantitative estimate of drug-likeness (QED) is 0.254. The molecule has 5 aromatic rings. The summed E-state index contributed by atoms with van der Waals surface area (Å²) in [5, 5.41) is 13.9. The van der Waals surface area contributed by atoms with Crippen LogP contribution in [0.4, 0.5) is 11.5 Å². The molecule has 5 rings (SSSR count). The molecule has 34 heavy (non-hydrogen) atoms. The molecule has 0 fully saturated rings. The number of hydrogen-bond donors (Lipinski definition) is 5. The number of hydrogen-bond acceptors (Lipinski definition) is 6. The molecule has 0 spiro atoms. The van der Waals surface area contributed by atoms with Crippen LogP contribution in [0.15, 0.2) is 73.2 Å². The van der Waals surface area contributed by atoms with Gasteiger partial charge >= 0.3 is 0 Å². The normalized spacial score (nSPS) is 11.9. The summed E-state index contributed by atoms with van der Waals surface area (Å²) < 4.78 is 0. The fourth-order valence-corrected chi connectivity index (χ4v) is 3.62. The van der Waals surface area contributed by atoms with E-state index in [0.717, 1.165) is 33.3 Å². The molecule has 9 heteroatoms. The van der Waals surface area contributed by atoms with Crippen molar-refractivity contribution in [3.63, 3.8) is 0 Å². The standard InChI is InChI=1S/C25H24N8O/c1-15(12-26)30-25(34)22-10-17-2-3-18(11-21(17)32-22)24-27-9-8-23(33-24)31-20-6-4-16(5-7-20)19-13-28-29-14-19/h2-11,13-15,32H,12,26H2,1H3,(H,28,29)(H,30,34)(H,27,31,33)/t15-/m0/s1. The molecule has 0 aliphatic rings. The molecule has 0 saturated carbocycles. The molecule has 0 radical (unpaired) electrons. The van der Waals surface area contributed by atoms with Gasteiger partial charge in [0, 0.05) is 52.7 Å². The van der Waals surface area contributed by atoms with E-state index in [1.165, 1.54) is 0 Å². The van der Waals surface area contributed by atoms with E-state index in [9.17, 15) is 4.79 Å². The van der Waals surface area contributed by atoms with Crippen molar-refractivity contribution in [3.8, 4) is 22.5 Å². The number of aromatic amines is 2. The first kappa shape index (κ1) is 21.4. The van der Waals surface area contributed by atoms with Crippen LogP contribution in [-0.4, -0.2) is 43.6 Å². The molecule has 3 heterocycles. The van der Waals surface area contributed by atoms with Gasteiger partial charge in [0.05, 0.1) is 6.20 Å². The Labute approximate surface area is 195 Å². The summed E-state index contributed by atoms with van der Waals surface area (Å²) in [6.07, 6.45) is 5.36. The lowest BCUT2D eigenvalue weighted by Crippen LogP contribution is -2.37. The van der Waals surface area contributed by atoms with Gasteiger partial charge in [-0.15, -0.1) is 0 Å². The van der Waals surface area contributed by atoms with Crippen LogP contribution in [0.3, 0.4) is 0 Å². The van der Waals surface area contributed by atoms with Crippen molar-refractivity contribution in [2.24, 2.45) is 5.73 Å². The summed E-state index contributed by atoms with van der Waals surface area (Å²) in [6, 6.07) is 17.4. The molecule has 0 aliphatic heterocycles. The van der Waals surface area contributed by atoms with E-state index in [0.29, 0.717) is 23.9 Å². The Morgan fingerprint density at radius 2 is 1.88 bits per heavy atom. The summed E-state index contributed by atoms with van der Waals surface area (Å²) in [5.41, 5.74) is 10.8. The Morgan fingerprint density at radius 1 is 1.06 bits per heavy atom. The number of rotatable bonds is 7. The molecule has 9 nitrogen and oxygen atoms in total. The number of carbonyl (C=O) groups excluding carboxylic acids is 1. The first-order valence-corrected chi connectivity index (χ1v) is 10.9. The van der Waals surface area contributed by atoms with E-state index < -0.39 is 0 Å². The third-order valence-electron chi connectivity index (χ3n) is 5.50. The monoisotopic (exact) mass is 452 g/mol. The maximum Gasteiger partial charge on any atom is 0.267 e. The van der Waals surface area contributed by atoms with Crippen LogP contribution in [0.1, 0.15) is 17.4 Å². The van der Waals surface area contributed by atoms with Gasteiger partial charge in [0.1, 0.15) is 11.5 Å². The van der Waals surface area contributed by atoms with Crippen LogP contribution < -0.4 is 16.4 Å². The third-order valence-corrected chi connectivity index (χ3v) is 5.50. The van der Waals surface area contributed by atoms with Gasteiger partial charge in [-0.3, -0.25) is 9.89 Å². The highest BCUT2D eigenvalue weighted by atomic mass is 16.1. The Bertz CT molecular complexity index is 1420. The Balaban J connectivity index is 1.35. The molecule has 3 aromatic heterocycles. The number of fused-ring (bicyclic) bond motifs is 1. The molecule has 0 unspecified atom stereocenters. The molecule has 0 aliphatic carbocycles. The number of nitrogens with zero attached hydrogens (tertiary/aromatic N) is 3. The second-order valence-corrected chi connectivity index (χ2v) is 8.05. The number of carbonyl (C=O) groups is 1. The van der Waals surface area contributed by atoms with E-state index in [1.54, 1.807) is 12.4 Å². The number of H-pyrrole nitrogens is 2. The molecule has 0 bridgehead atoms. The minimum absolute atomic E-state index is 0.0973. The number of amides is 1. The van der Waals surface area contributed by atoms with Crippen LogP contribution in [0.25, 0.3) is 33.4 Å². The predicted octanol–water partition coefficient (Wildman–Crippen LogP) is 3.84. The molecule has 0 saturated heterocycles. The van der Waals surface area contributed by atoms with E-state index in [2.05, 4.69) is 35.8 Å². The Kier molecular flexibility index (Phi) is 5.75. The molecule has 1 amide bonds. The maximum atomic E-state index is 12.4. The van der Waals surface area contributed by atoms with Gasteiger partial charge < -0.3 is 21.4 Å². The van der Waals surface area contributed by atoms with Crippen LogP contribution in [0, 0.1) is 0 Å². The lowest BCUT2D eigenvalue weighted by molar-refractivity contribution is 0.0937. The largest absolute Gasteiger partial charge is 0.351 e. The van der Waals surface area contributed by atoms with Gasteiger partial charge in [0.2, 0.25) is 0 Å². The van der Waals surface area contributed by atoms with Crippen molar-refractivity contribution >= 4 is 28.3 Å². The van der Waals surface area contributed by atoms with Crippen molar-refractivity contribution in [1.29, 1.82) is 0 Å². The average Bonchev–Trinajstić information content (AvgIpc) is 3.54. The number of anilines is 2. The zero-order valence-electron chi connectivity index (χ0n) is 18.5. The van der Waals surface area contributed by atoms with E-state index in [-0.39, 0.29) is 11.9 Å². The summed E-state index contributed by atoms with van der Waals surface area (Å²) in [4.78, 5) is 24.7. The minimum Gasteiger partial charge on any atom is -0.351 e. The second kappa shape index (κ2) is 9.16. The van der Waals surface area contributed by atoms with E-state index in [1.807, 2.05) is 67.7 Å². The molecule has 1 atom stereocenters. The highest BCUT2D eigenvalue weighted by Gasteiger charge is 2.13. The van der Waals surface area contributed by atoms with Gasteiger partial charge in [-0.1, -0.05) is 24.3 Å². The molecule has 2 aromatic carbocycles. The highest BCUT2D eigenvalue weighted by Crippen LogP contribution is 2.25. The van der Waals surface area contributed by atoms with Gasteiger partial charge in [-0.2, -0.15) is 5.10 Å². The van der Waals surface area contributed by atoms with E-state index >= 15 is 0 Å². The van der Waals surface area contributed by atoms with Crippen molar-refractivity contribution < 1.29 is 4.79 Å². The summed E-state index contributed by atoms with van der Waals surface area (Å²) >= 11 is 0. The van der Waals surface area contributed by atoms with Gasteiger partial charge in [0.15, 0.2) is 5.82 Å². The molecule has 6 N–H and O–H groups in total. The van der Waals surface area contributed by atoms with E-state index in [4.69, 9.17) is 5.73 Å². The highest BCUT2D eigenvalue weighted by molar-refractivity contribution is 5.98. The minimum atomic E-state index is -0.183. The van der Waals surface area contributed by atoms with Gasteiger partial charge in [0.25, 0.3) is 5.91 Å². The van der Waals surface area contributed by atoms with Gasteiger partial charge in [-0.05, 0) is 42.8 Å². The first-order chi connectivity index (χ1) is 16.6. The van der Waals surface area contributed by atoms with Crippen LogP contribution in [0.2, 0.25) is 0 Å². The smallest absolute Gasteiger partial charge is 0.267 e.